The van der Waals surface area contributed by atoms with E-state index < -0.39 is 10.0 Å². The van der Waals surface area contributed by atoms with Crippen molar-refractivity contribution >= 4 is 15.8 Å². The van der Waals surface area contributed by atoms with Gasteiger partial charge in [0.25, 0.3) is 0 Å². The molecule has 0 spiro atoms. The van der Waals surface area contributed by atoms with Crippen LogP contribution in [-0.4, -0.2) is 47.7 Å². The number of hydrogen-bond acceptors (Lipinski definition) is 6. The Morgan fingerprint density at radius 1 is 1.22 bits per heavy atom. The second-order valence-electron chi connectivity index (χ2n) is 6.61. The highest BCUT2D eigenvalue weighted by Crippen LogP contribution is 2.24. The standard InChI is InChI=1S/C18H27N5O3S/c1-4-16-15(18(26-3)22(2)21-16)13-20-17-9-8-14(12-19-17)27(24,25)23-10-6-5-7-11-23/h8-9,12H,4-7,10-11,13H2,1-3H3,(H,19,20). The van der Waals surface area contributed by atoms with E-state index in [0.29, 0.717) is 31.3 Å². The molecule has 2 aromatic rings. The van der Waals surface area contributed by atoms with Gasteiger partial charge in [-0.3, -0.25) is 0 Å². The van der Waals surface area contributed by atoms with Crippen LogP contribution < -0.4 is 10.1 Å². The lowest BCUT2D eigenvalue weighted by atomic mass is 10.2. The molecule has 2 aromatic heterocycles. The van der Waals surface area contributed by atoms with Gasteiger partial charge in [-0.05, 0) is 31.4 Å². The smallest absolute Gasteiger partial charge is 0.244 e. The maximum atomic E-state index is 12.7. The third-order valence-corrected chi connectivity index (χ3v) is 6.72. The van der Waals surface area contributed by atoms with Gasteiger partial charge in [0.1, 0.15) is 10.7 Å². The van der Waals surface area contributed by atoms with Crippen LogP contribution in [0.15, 0.2) is 23.2 Å². The van der Waals surface area contributed by atoms with Crippen LogP contribution in [0.5, 0.6) is 5.88 Å². The number of nitrogens with one attached hydrogen (secondary N) is 1. The minimum Gasteiger partial charge on any atom is -0.481 e. The number of aryl methyl sites for hydroxylation is 2. The summed E-state index contributed by atoms with van der Waals surface area (Å²) in [5.74, 6) is 1.32. The predicted octanol–water partition coefficient (Wildman–Crippen LogP) is 2.17. The Hall–Kier alpha value is -2.13. The summed E-state index contributed by atoms with van der Waals surface area (Å²) >= 11 is 0. The fourth-order valence-corrected chi connectivity index (χ4v) is 4.86. The van der Waals surface area contributed by atoms with E-state index >= 15 is 0 Å². The van der Waals surface area contributed by atoms with E-state index in [-0.39, 0.29) is 4.90 Å². The number of sulfonamides is 1. The first-order chi connectivity index (χ1) is 13.0. The lowest BCUT2D eigenvalue weighted by Crippen LogP contribution is -2.35. The van der Waals surface area contributed by atoms with Crippen molar-refractivity contribution in [2.45, 2.75) is 44.0 Å². The summed E-state index contributed by atoms with van der Waals surface area (Å²) in [5, 5.41) is 7.69. The molecule has 0 saturated carbocycles. The van der Waals surface area contributed by atoms with Crippen LogP contribution in [0.3, 0.4) is 0 Å². The highest BCUT2D eigenvalue weighted by atomic mass is 32.2. The number of anilines is 1. The number of ether oxygens (including phenoxy) is 1. The fraction of sp³-hybridized carbons (Fsp3) is 0.556. The van der Waals surface area contributed by atoms with E-state index in [0.717, 1.165) is 36.9 Å². The molecule has 0 bridgehead atoms. The number of piperidine rings is 1. The Bertz CT molecular complexity index is 871. The number of aromatic nitrogens is 3. The van der Waals surface area contributed by atoms with Gasteiger partial charge in [-0.1, -0.05) is 13.3 Å². The lowest BCUT2D eigenvalue weighted by molar-refractivity contribution is 0.346. The summed E-state index contributed by atoms with van der Waals surface area (Å²) in [6, 6.07) is 3.31. The fourth-order valence-electron chi connectivity index (χ4n) is 3.39. The van der Waals surface area contributed by atoms with E-state index in [4.69, 9.17) is 4.74 Å². The summed E-state index contributed by atoms with van der Waals surface area (Å²) in [4.78, 5) is 4.53. The van der Waals surface area contributed by atoms with E-state index in [1.165, 1.54) is 6.20 Å². The van der Waals surface area contributed by atoms with Gasteiger partial charge in [-0.2, -0.15) is 9.40 Å². The normalized spacial score (nSPS) is 15.7. The molecule has 3 rings (SSSR count). The maximum absolute atomic E-state index is 12.7. The van der Waals surface area contributed by atoms with Crippen LogP contribution in [0.1, 0.15) is 37.4 Å². The van der Waals surface area contributed by atoms with Crippen LogP contribution in [-0.2, 0) is 30.0 Å². The third kappa shape index (κ3) is 4.08. The van der Waals surface area contributed by atoms with E-state index in [1.54, 1.807) is 28.2 Å². The van der Waals surface area contributed by atoms with Crippen molar-refractivity contribution in [3.63, 3.8) is 0 Å². The monoisotopic (exact) mass is 393 g/mol. The molecule has 0 aliphatic carbocycles. The molecule has 148 valence electrons. The number of rotatable bonds is 7. The molecule has 0 atom stereocenters. The molecule has 3 heterocycles. The van der Waals surface area contributed by atoms with Crippen molar-refractivity contribution in [2.24, 2.45) is 7.05 Å². The second-order valence-corrected chi connectivity index (χ2v) is 8.55. The van der Waals surface area contributed by atoms with Crippen LogP contribution in [0.25, 0.3) is 0 Å². The number of nitrogens with zero attached hydrogens (tertiary/aromatic N) is 4. The Morgan fingerprint density at radius 3 is 2.56 bits per heavy atom. The number of hydrogen-bond donors (Lipinski definition) is 1. The first-order valence-electron chi connectivity index (χ1n) is 9.26. The minimum atomic E-state index is -3.45. The topological polar surface area (TPSA) is 89.3 Å². The van der Waals surface area contributed by atoms with Gasteiger partial charge in [0.2, 0.25) is 15.9 Å². The van der Waals surface area contributed by atoms with Crippen molar-refractivity contribution in [3.8, 4) is 5.88 Å². The first-order valence-corrected chi connectivity index (χ1v) is 10.7. The zero-order valence-corrected chi connectivity index (χ0v) is 16.9. The summed E-state index contributed by atoms with van der Waals surface area (Å²) in [6.07, 6.45) is 5.14. The zero-order chi connectivity index (χ0) is 19.4. The molecule has 9 heteroatoms. The van der Waals surface area contributed by atoms with Crippen molar-refractivity contribution < 1.29 is 13.2 Å². The molecular formula is C18H27N5O3S. The SMILES string of the molecule is CCc1nn(C)c(OC)c1CNc1ccc(S(=O)(=O)N2CCCCC2)cn1. The Morgan fingerprint density at radius 2 is 1.96 bits per heavy atom. The van der Waals surface area contributed by atoms with Crippen molar-refractivity contribution in [3.05, 3.63) is 29.6 Å². The second kappa shape index (κ2) is 8.26. The number of methoxy groups -OCH3 is 1. The molecule has 0 unspecified atom stereocenters. The molecular weight excluding hydrogens is 366 g/mol. The largest absolute Gasteiger partial charge is 0.481 e. The summed E-state index contributed by atoms with van der Waals surface area (Å²) < 4.78 is 34.1. The molecule has 1 aliphatic heterocycles. The summed E-state index contributed by atoms with van der Waals surface area (Å²) in [7, 11) is 0.0165. The van der Waals surface area contributed by atoms with Gasteiger partial charge in [0.15, 0.2) is 0 Å². The van der Waals surface area contributed by atoms with Crippen LogP contribution >= 0.6 is 0 Å². The van der Waals surface area contributed by atoms with Crippen LogP contribution in [0, 0.1) is 0 Å². The molecule has 1 fully saturated rings. The van der Waals surface area contributed by atoms with Gasteiger partial charge >= 0.3 is 0 Å². The molecule has 0 aromatic carbocycles. The van der Waals surface area contributed by atoms with Crippen molar-refractivity contribution in [1.82, 2.24) is 19.1 Å². The quantitative estimate of drug-likeness (QED) is 0.775. The number of pyridine rings is 1. The lowest BCUT2D eigenvalue weighted by Gasteiger charge is -2.25. The molecule has 1 saturated heterocycles. The third-order valence-electron chi connectivity index (χ3n) is 4.83. The predicted molar refractivity (Wildman–Crippen MR) is 103 cm³/mol. The van der Waals surface area contributed by atoms with Crippen molar-refractivity contribution in [2.75, 3.05) is 25.5 Å². The van der Waals surface area contributed by atoms with Gasteiger partial charge in [-0.25, -0.2) is 18.1 Å². The Labute approximate surface area is 160 Å². The van der Waals surface area contributed by atoms with E-state index in [2.05, 4.69) is 15.4 Å². The molecule has 0 radical (unpaired) electrons. The van der Waals surface area contributed by atoms with Crippen molar-refractivity contribution in [1.29, 1.82) is 0 Å². The van der Waals surface area contributed by atoms with Gasteiger partial charge in [0.05, 0.1) is 18.4 Å². The molecule has 27 heavy (non-hydrogen) atoms. The Balaban J connectivity index is 1.71. The van der Waals surface area contributed by atoms with Crippen LogP contribution in [0.2, 0.25) is 0 Å². The zero-order valence-electron chi connectivity index (χ0n) is 16.1. The average molecular weight is 394 g/mol. The van der Waals surface area contributed by atoms with Gasteiger partial charge < -0.3 is 10.1 Å². The molecule has 0 amide bonds. The highest BCUT2D eigenvalue weighted by molar-refractivity contribution is 7.89. The van der Waals surface area contributed by atoms with Crippen LogP contribution in [0.4, 0.5) is 5.82 Å². The molecule has 1 aliphatic rings. The Kier molecular flexibility index (Phi) is 6.01. The summed E-state index contributed by atoms with van der Waals surface area (Å²) in [6.45, 7) is 3.72. The minimum absolute atomic E-state index is 0.239. The first kappa shape index (κ1) is 19.6. The van der Waals surface area contributed by atoms with Gasteiger partial charge in [0, 0.05) is 32.9 Å². The molecule has 8 nitrogen and oxygen atoms in total. The maximum Gasteiger partial charge on any atom is 0.244 e. The molecule has 1 N–H and O–H groups in total. The highest BCUT2D eigenvalue weighted by Gasteiger charge is 2.26. The average Bonchev–Trinajstić information content (AvgIpc) is 3.01. The summed E-state index contributed by atoms with van der Waals surface area (Å²) in [5.41, 5.74) is 1.94. The van der Waals surface area contributed by atoms with E-state index in [9.17, 15) is 8.42 Å². The van der Waals surface area contributed by atoms with Gasteiger partial charge in [-0.15, -0.1) is 0 Å². The van der Waals surface area contributed by atoms with E-state index in [1.807, 2.05) is 14.0 Å².